The van der Waals surface area contributed by atoms with Crippen LogP contribution in [0.25, 0.3) is 6.08 Å². The number of methoxy groups -OCH3 is 1. The van der Waals surface area contributed by atoms with Crippen molar-refractivity contribution in [3.8, 4) is 5.75 Å². The lowest BCUT2D eigenvalue weighted by molar-refractivity contribution is -0.111. The van der Waals surface area contributed by atoms with Gasteiger partial charge in [-0.15, -0.1) is 0 Å². The molecule has 0 fully saturated rings. The van der Waals surface area contributed by atoms with E-state index in [9.17, 15) is 13.6 Å². The zero-order chi connectivity index (χ0) is 16.1. The van der Waals surface area contributed by atoms with Gasteiger partial charge in [0.05, 0.1) is 7.11 Å². The van der Waals surface area contributed by atoms with E-state index in [-0.39, 0.29) is 0 Å². The Balaban J connectivity index is 2.17. The molecule has 3 nitrogen and oxygen atoms in total. The quantitative estimate of drug-likeness (QED) is 0.813. The van der Waals surface area contributed by atoms with Crippen LogP contribution >= 0.6 is 15.9 Å². The Morgan fingerprint density at radius 1 is 1.23 bits per heavy atom. The molecule has 0 aliphatic carbocycles. The minimum Gasteiger partial charge on any atom is -0.496 e. The standard InChI is InChI=1S/C16H12BrF2NO2/c1-22-14-7-6-11(17)9-10(14)5-8-15(21)20-16-12(18)3-2-4-13(16)19/h2-9H,1H3,(H,20,21). The summed E-state index contributed by atoms with van der Waals surface area (Å²) < 4.78 is 32.9. The monoisotopic (exact) mass is 367 g/mol. The number of para-hydroxylation sites is 1. The lowest BCUT2D eigenvalue weighted by atomic mass is 10.2. The number of nitrogens with one attached hydrogen (secondary N) is 1. The summed E-state index contributed by atoms with van der Waals surface area (Å²) >= 11 is 3.32. The number of hydrogen-bond donors (Lipinski definition) is 1. The third kappa shape index (κ3) is 3.92. The maximum Gasteiger partial charge on any atom is 0.248 e. The van der Waals surface area contributed by atoms with Crippen molar-refractivity contribution in [3.05, 3.63) is 64.1 Å². The molecule has 0 spiro atoms. The normalized spacial score (nSPS) is 10.7. The van der Waals surface area contributed by atoms with Crippen molar-refractivity contribution in [2.75, 3.05) is 12.4 Å². The molecule has 0 atom stereocenters. The fourth-order valence-electron chi connectivity index (χ4n) is 1.78. The minimum absolute atomic E-state index is 0.474. The van der Waals surface area contributed by atoms with Crippen LogP contribution in [0.1, 0.15) is 5.56 Å². The molecule has 0 heterocycles. The van der Waals surface area contributed by atoms with Crippen LogP contribution in [0.15, 0.2) is 46.9 Å². The highest BCUT2D eigenvalue weighted by molar-refractivity contribution is 9.10. The number of benzene rings is 2. The molecule has 6 heteroatoms. The van der Waals surface area contributed by atoms with Crippen molar-refractivity contribution in [1.29, 1.82) is 0 Å². The third-order valence-electron chi connectivity index (χ3n) is 2.82. The van der Waals surface area contributed by atoms with E-state index in [1.807, 2.05) is 0 Å². The Morgan fingerprint density at radius 2 is 1.91 bits per heavy atom. The SMILES string of the molecule is COc1ccc(Br)cc1C=CC(=O)Nc1c(F)cccc1F. The molecule has 0 bridgehead atoms. The van der Waals surface area contributed by atoms with Crippen molar-refractivity contribution < 1.29 is 18.3 Å². The molecule has 2 rings (SSSR count). The molecule has 2 aromatic rings. The predicted molar refractivity (Wildman–Crippen MR) is 84.7 cm³/mol. The summed E-state index contributed by atoms with van der Waals surface area (Å²) in [5, 5.41) is 2.17. The number of amides is 1. The van der Waals surface area contributed by atoms with Crippen molar-refractivity contribution in [3.63, 3.8) is 0 Å². The van der Waals surface area contributed by atoms with Gasteiger partial charge in [-0.3, -0.25) is 4.79 Å². The number of halogens is 3. The summed E-state index contributed by atoms with van der Waals surface area (Å²) in [5.74, 6) is -1.74. The van der Waals surface area contributed by atoms with E-state index in [1.165, 1.54) is 25.3 Å². The van der Waals surface area contributed by atoms with Gasteiger partial charge in [0.25, 0.3) is 0 Å². The van der Waals surface area contributed by atoms with Gasteiger partial charge in [-0.2, -0.15) is 0 Å². The maximum absolute atomic E-state index is 13.4. The average molecular weight is 368 g/mol. The smallest absolute Gasteiger partial charge is 0.248 e. The zero-order valence-corrected chi connectivity index (χ0v) is 13.2. The summed E-state index contributed by atoms with van der Waals surface area (Å²) in [6, 6.07) is 8.65. The summed E-state index contributed by atoms with van der Waals surface area (Å²) in [7, 11) is 1.51. The number of carbonyl (C=O) groups is 1. The second-order valence-corrected chi connectivity index (χ2v) is 5.22. The Kier molecular flexibility index (Phi) is 5.27. The third-order valence-corrected chi connectivity index (χ3v) is 3.31. The Hall–Kier alpha value is -2.21. The Bertz CT molecular complexity index is 712. The van der Waals surface area contributed by atoms with Gasteiger partial charge >= 0.3 is 0 Å². The first-order chi connectivity index (χ1) is 10.5. The van der Waals surface area contributed by atoms with E-state index in [4.69, 9.17) is 4.74 Å². The largest absolute Gasteiger partial charge is 0.496 e. The first-order valence-electron chi connectivity index (χ1n) is 6.28. The first-order valence-corrected chi connectivity index (χ1v) is 7.07. The predicted octanol–water partition coefficient (Wildman–Crippen LogP) is 4.39. The van der Waals surface area contributed by atoms with Crippen LogP contribution in [-0.2, 0) is 4.79 Å². The highest BCUT2D eigenvalue weighted by Crippen LogP contribution is 2.24. The van der Waals surface area contributed by atoms with Crippen LogP contribution < -0.4 is 10.1 Å². The van der Waals surface area contributed by atoms with E-state index in [0.29, 0.717) is 11.3 Å². The van der Waals surface area contributed by atoms with Crippen molar-refractivity contribution >= 4 is 33.6 Å². The van der Waals surface area contributed by atoms with Gasteiger partial charge in [0.1, 0.15) is 23.1 Å². The molecule has 0 radical (unpaired) electrons. The average Bonchev–Trinajstić information content (AvgIpc) is 2.49. The lowest BCUT2D eigenvalue weighted by Gasteiger charge is -2.06. The van der Waals surface area contributed by atoms with Gasteiger partial charge in [0, 0.05) is 16.1 Å². The Morgan fingerprint density at radius 3 is 2.55 bits per heavy atom. The molecule has 114 valence electrons. The summed E-state index contributed by atoms with van der Waals surface area (Å²) in [6.45, 7) is 0. The summed E-state index contributed by atoms with van der Waals surface area (Å²) in [4.78, 5) is 11.8. The zero-order valence-electron chi connectivity index (χ0n) is 11.6. The Labute approximate surface area is 134 Å². The number of rotatable bonds is 4. The molecule has 0 unspecified atom stereocenters. The van der Waals surface area contributed by atoms with E-state index < -0.39 is 23.2 Å². The van der Waals surface area contributed by atoms with Crippen LogP contribution in [0, 0.1) is 11.6 Å². The first kappa shape index (κ1) is 16.2. The molecule has 0 saturated carbocycles. The number of carbonyl (C=O) groups excluding carboxylic acids is 1. The van der Waals surface area contributed by atoms with E-state index >= 15 is 0 Å². The van der Waals surface area contributed by atoms with Crippen molar-refractivity contribution in [2.24, 2.45) is 0 Å². The number of anilines is 1. The van der Waals surface area contributed by atoms with Crippen LogP contribution in [0.5, 0.6) is 5.75 Å². The highest BCUT2D eigenvalue weighted by Gasteiger charge is 2.10. The lowest BCUT2D eigenvalue weighted by Crippen LogP contribution is -2.10. The summed E-state index contributed by atoms with van der Waals surface area (Å²) in [5.41, 5.74) is 0.180. The van der Waals surface area contributed by atoms with Crippen molar-refractivity contribution in [1.82, 2.24) is 0 Å². The van der Waals surface area contributed by atoms with Gasteiger partial charge in [0.15, 0.2) is 0 Å². The van der Waals surface area contributed by atoms with Gasteiger partial charge in [0.2, 0.25) is 5.91 Å². The van der Waals surface area contributed by atoms with Crippen LogP contribution in [0.2, 0.25) is 0 Å². The van der Waals surface area contributed by atoms with E-state index in [0.717, 1.165) is 16.6 Å². The van der Waals surface area contributed by atoms with E-state index in [2.05, 4.69) is 21.2 Å². The van der Waals surface area contributed by atoms with Crippen molar-refractivity contribution in [2.45, 2.75) is 0 Å². The van der Waals surface area contributed by atoms with Crippen LogP contribution in [0.4, 0.5) is 14.5 Å². The molecule has 0 aliphatic heterocycles. The molecule has 22 heavy (non-hydrogen) atoms. The fourth-order valence-corrected chi connectivity index (χ4v) is 2.16. The van der Waals surface area contributed by atoms with Gasteiger partial charge in [-0.05, 0) is 36.4 Å². The second kappa shape index (κ2) is 7.17. The molecular formula is C16H12BrF2NO2. The molecule has 1 N–H and O–H groups in total. The minimum atomic E-state index is -0.832. The molecule has 0 saturated heterocycles. The molecule has 2 aromatic carbocycles. The van der Waals surface area contributed by atoms with Crippen LogP contribution in [-0.4, -0.2) is 13.0 Å². The van der Waals surface area contributed by atoms with Gasteiger partial charge < -0.3 is 10.1 Å². The molecule has 1 amide bonds. The molecule has 0 aromatic heterocycles. The van der Waals surface area contributed by atoms with Crippen LogP contribution in [0.3, 0.4) is 0 Å². The van der Waals surface area contributed by atoms with Gasteiger partial charge in [-0.1, -0.05) is 22.0 Å². The highest BCUT2D eigenvalue weighted by atomic mass is 79.9. The summed E-state index contributed by atoms with van der Waals surface area (Å²) in [6.07, 6.45) is 2.67. The number of hydrogen-bond acceptors (Lipinski definition) is 2. The topological polar surface area (TPSA) is 38.3 Å². The molecule has 0 aliphatic rings. The second-order valence-electron chi connectivity index (χ2n) is 4.31. The van der Waals surface area contributed by atoms with Gasteiger partial charge in [-0.25, -0.2) is 8.78 Å². The molecular weight excluding hydrogens is 356 g/mol. The number of ether oxygens (including phenoxy) is 1. The van der Waals surface area contributed by atoms with E-state index in [1.54, 1.807) is 18.2 Å². The maximum atomic E-state index is 13.4. The fraction of sp³-hybridized carbons (Fsp3) is 0.0625.